The van der Waals surface area contributed by atoms with Gasteiger partial charge in [-0.25, -0.2) is 0 Å². The van der Waals surface area contributed by atoms with Crippen molar-refractivity contribution in [1.29, 1.82) is 10.8 Å². The first kappa shape index (κ1) is 11.0. The summed E-state index contributed by atoms with van der Waals surface area (Å²) in [6.45, 7) is 6.59. The van der Waals surface area contributed by atoms with E-state index in [0.29, 0.717) is 6.54 Å². The van der Waals surface area contributed by atoms with Crippen LogP contribution in [0.4, 0.5) is 0 Å². The van der Waals surface area contributed by atoms with E-state index in [1.807, 2.05) is 20.8 Å². The molecule has 3 heteroatoms. The van der Waals surface area contributed by atoms with Crippen LogP contribution in [0.25, 0.3) is 0 Å². The number of hydrogen-bond donors (Lipinski definition) is 2. The fraction of sp³-hybridized carbons (Fsp3) is 0.667. The zero-order valence-electron chi connectivity index (χ0n) is 6.31. The van der Waals surface area contributed by atoms with E-state index in [0.717, 1.165) is 12.7 Å². The lowest BCUT2D eigenvalue weighted by atomic mass is 10.7. The molecule has 2 N–H and O–H groups in total. The summed E-state index contributed by atoms with van der Waals surface area (Å²) < 4.78 is 0. The maximum atomic E-state index is 6.61. The quantitative estimate of drug-likeness (QED) is 0.441. The van der Waals surface area contributed by atoms with Crippen molar-refractivity contribution in [1.82, 2.24) is 4.90 Å². The van der Waals surface area contributed by atoms with Crippen molar-refractivity contribution >= 4 is 12.7 Å². The van der Waals surface area contributed by atoms with Crippen molar-refractivity contribution in [3.63, 3.8) is 0 Å². The summed E-state index contributed by atoms with van der Waals surface area (Å²) in [5, 5.41) is 13.2. The maximum Gasteiger partial charge on any atom is 0.0868 e. The van der Waals surface area contributed by atoms with Gasteiger partial charge in [0, 0.05) is 6.54 Å². The summed E-state index contributed by atoms with van der Waals surface area (Å²) in [5.41, 5.74) is 0. The van der Waals surface area contributed by atoms with Gasteiger partial charge < -0.3 is 4.90 Å². The minimum absolute atomic E-state index is 0.701. The maximum absolute atomic E-state index is 6.61. The minimum atomic E-state index is 0.701. The summed E-state index contributed by atoms with van der Waals surface area (Å²) >= 11 is 0. The Labute approximate surface area is 56.7 Å². The van der Waals surface area contributed by atoms with Gasteiger partial charge in [-0.15, -0.1) is 0 Å². The van der Waals surface area contributed by atoms with Crippen molar-refractivity contribution in [3.8, 4) is 0 Å². The van der Waals surface area contributed by atoms with E-state index < -0.39 is 0 Å². The van der Waals surface area contributed by atoms with E-state index in [9.17, 15) is 0 Å². The molecule has 3 nitrogen and oxygen atoms in total. The van der Waals surface area contributed by atoms with Gasteiger partial charge in [-0.1, -0.05) is 13.8 Å². The zero-order chi connectivity index (χ0) is 7.70. The molecule has 0 aliphatic carbocycles. The van der Waals surface area contributed by atoms with E-state index >= 15 is 0 Å². The Bertz CT molecular complexity index is 62.7. The van der Waals surface area contributed by atoms with Gasteiger partial charge >= 0.3 is 0 Å². The second-order valence-electron chi connectivity index (χ2n) is 1.09. The lowest BCUT2D eigenvalue weighted by Crippen LogP contribution is -2.17. The zero-order valence-corrected chi connectivity index (χ0v) is 6.31. The standard InChI is InChI=1S/C4H9N3.C2H6/c1-2-7(3-5)4-6;1-2/h3-6H,2H2,1H3;1-2H3. The molecule has 54 valence electrons. The average Bonchev–Trinajstić information content (AvgIpc) is 1.96. The summed E-state index contributed by atoms with van der Waals surface area (Å²) in [6, 6.07) is 0. The molecule has 0 aromatic carbocycles. The van der Waals surface area contributed by atoms with E-state index in [4.69, 9.17) is 10.8 Å². The molecule has 0 radical (unpaired) electrons. The largest absolute Gasteiger partial charge is 0.325 e. The van der Waals surface area contributed by atoms with Gasteiger partial charge in [0.1, 0.15) is 0 Å². The summed E-state index contributed by atoms with van der Waals surface area (Å²) in [6.07, 6.45) is 2.24. The van der Waals surface area contributed by atoms with Gasteiger partial charge in [-0.2, -0.15) is 0 Å². The number of rotatable bonds is 3. The summed E-state index contributed by atoms with van der Waals surface area (Å²) in [7, 11) is 0. The van der Waals surface area contributed by atoms with Crippen LogP contribution in [0.15, 0.2) is 0 Å². The van der Waals surface area contributed by atoms with Gasteiger partial charge in [0.15, 0.2) is 0 Å². The van der Waals surface area contributed by atoms with Crippen molar-refractivity contribution in [2.45, 2.75) is 20.8 Å². The molecule has 0 saturated carbocycles. The van der Waals surface area contributed by atoms with Crippen molar-refractivity contribution in [2.75, 3.05) is 6.54 Å². The molecule has 9 heavy (non-hydrogen) atoms. The first-order valence-electron chi connectivity index (χ1n) is 3.12. The van der Waals surface area contributed by atoms with Crippen LogP contribution < -0.4 is 0 Å². The molecule has 0 spiro atoms. The molecule has 0 saturated heterocycles. The van der Waals surface area contributed by atoms with Crippen molar-refractivity contribution in [3.05, 3.63) is 0 Å². The molecule has 0 amide bonds. The molecule has 0 bridgehead atoms. The smallest absolute Gasteiger partial charge is 0.0868 e. The number of nitrogens with zero attached hydrogens (tertiary/aromatic N) is 1. The topological polar surface area (TPSA) is 50.9 Å². The second-order valence-corrected chi connectivity index (χ2v) is 1.09. The molecule has 0 aromatic rings. The van der Waals surface area contributed by atoms with Crippen LogP contribution in [0, 0.1) is 10.8 Å². The molecular formula is C6H15N3. The normalized spacial score (nSPS) is 6.56. The Morgan fingerprint density at radius 1 is 1.22 bits per heavy atom. The Balaban J connectivity index is 0. The van der Waals surface area contributed by atoms with E-state index in [1.165, 1.54) is 4.90 Å². The molecule has 0 aromatic heterocycles. The SMILES string of the molecule is CC.CCN(C=N)C=N. The molecule has 0 heterocycles. The fourth-order valence-electron chi connectivity index (χ4n) is 0.220. The van der Waals surface area contributed by atoms with Gasteiger partial charge in [0.2, 0.25) is 0 Å². The van der Waals surface area contributed by atoms with Crippen molar-refractivity contribution < 1.29 is 0 Å². The average molecular weight is 129 g/mol. The number of hydrogen-bond acceptors (Lipinski definition) is 2. The highest BCUT2D eigenvalue weighted by Gasteiger charge is 1.82. The molecule has 0 rings (SSSR count). The van der Waals surface area contributed by atoms with Gasteiger partial charge in [0.25, 0.3) is 0 Å². The Morgan fingerprint density at radius 3 is 1.56 bits per heavy atom. The third kappa shape index (κ3) is 7.14. The predicted molar refractivity (Wildman–Crippen MR) is 41.3 cm³/mol. The minimum Gasteiger partial charge on any atom is -0.325 e. The van der Waals surface area contributed by atoms with Crippen LogP contribution in [0.2, 0.25) is 0 Å². The van der Waals surface area contributed by atoms with E-state index in [1.54, 1.807) is 0 Å². The van der Waals surface area contributed by atoms with Gasteiger partial charge in [-0.05, 0) is 6.92 Å². The Morgan fingerprint density at radius 2 is 1.56 bits per heavy atom. The van der Waals surface area contributed by atoms with Crippen LogP contribution in [-0.2, 0) is 0 Å². The van der Waals surface area contributed by atoms with E-state index in [-0.39, 0.29) is 0 Å². The molecule has 0 fully saturated rings. The lowest BCUT2D eigenvalue weighted by molar-refractivity contribution is 0.672. The molecule has 0 aliphatic rings. The van der Waals surface area contributed by atoms with Crippen molar-refractivity contribution in [2.24, 2.45) is 0 Å². The summed E-state index contributed by atoms with van der Waals surface area (Å²) in [5.74, 6) is 0. The monoisotopic (exact) mass is 129 g/mol. The fourth-order valence-corrected chi connectivity index (χ4v) is 0.220. The van der Waals surface area contributed by atoms with E-state index in [2.05, 4.69) is 0 Å². The Hall–Kier alpha value is -0.860. The highest BCUT2D eigenvalue weighted by Crippen LogP contribution is 1.69. The second kappa shape index (κ2) is 10.2. The Kier molecular flexibility index (Phi) is 12.5. The number of nitrogens with one attached hydrogen (secondary N) is 2. The van der Waals surface area contributed by atoms with Crippen LogP contribution in [-0.4, -0.2) is 24.1 Å². The van der Waals surface area contributed by atoms with Crippen LogP contribution in [0.5, 0.6) is 0 Å². The first-order chi connectivity index (χ1) is 4.35. The third-order valence-corrected chi connectivity index (χ3v) is 0.697. The molecule has 0 aliphatic heterocycles. The highest BCUT2D eigenvalue weighted by molar-refractivity contribution is 5.71. The molecule has 0 atom stereocenters. The predicted octanol–water partition coefficient (Wildman–Crippen LogP) is 1.55. The molecule has 0 unspecified atom stereocenters. The first-order valence-corrected chi connectivity index (χ1v) is 3.12. The molecular weight excluding hydrogens is 114 g/mol. The van der Waals surface area contributed by atoms with Crippen LogP contribution in [0.3, 0.4) is 0 Å². The third-order valence-electron chi connectivity index (χ3n) is 0.697. The van der Waals surface area contributed by atoms with Crippen LogP contribution in [0.1, 0.15) is 20.8 Å². The lowest BCUT2D eigenvalue weighted by Gasteiger charge is -2.04. The van der Waals surface area contributed by atoms with Crippen LogP contribution >= 0.6 is 0 Å². The highest BCUT2D eigenvalue weighted by atomic mass is 15.1. The summed E-state index contributed by atoms with van der Waals surface area (Å²) in [4.78, 5) is 1.46. The van der Waals surface area contributed by atoms with Gasteiger partial charge in [-0.3, -0.25) is 10.8 Å². The van der Waals surface area contributed by atoms with Gasteiger partial charge in [0.05, 0.1) is 12.7 Å².